The van der Waals surface area contributed by atoms with Crippen molar-refractivity contribution < 1.29 is 9.72 Å². The topological polar surface area (TPSA) is 84.3 Å². The van der Waals surface area contributed by atoms with Gasteiger partial charge in [0.1, 0.15) is 5.69 Å². The molecule has 2 N–H and O–H groups in total. The Labute approximate surface area is 148 Å². The number of rotatable bonds is 7. The fourth-order valence-corrected chi connectivity index (χ4v) is 2.77. The number of hydrogen-bond acceptors (Lipinski definition) is 4. The van der Waals surface area contributed by atoms with Crippen LogP contribution in [0.3, 0.4) is 0 Å². The summed E-state index contributed by atoms with van der Waals surface area (Å²) in [5.74, 6) is -0.348. The van der Waals surface area contributed by atoms with E-state index in [0.29, 0.717) is 12.2 Å². The predicted molar refractivity (Wildman–Crippen MR) is 97.4 cm³/mol. The van der Waals surface area contributed by atoms with Crippen molar-refractivity contribution in [2.24, 2.45) is 0 Å². The zero-order valence-corrected chi connectivity index (χ0v) is 14.8. The summed E-state index contributed by atoms with van der Waals surface area (Å²) in [4.78, 5) is 22.3. The lowest BCUT2D eigenvalue weighted by Crippen LogP contribution is -2.18. The minimum Gasteiger partial charge on any atom is -0.379 e. The molecule has 0 saturated carbocycles. The Morgan fingerprint density at radius 3 is 2.71 bits per heavy atom. The molecule has 0 aliphatic heterocycles. The molecule has 2 aromatic rings. The number of aryl methyl sites for hydroxylation is 1. The third-order valence-corrected chi connectivity index (χ3v) is 4.02. The number of nitrogens with zero attached hydrogens (tertiary/aromatic N) is 1. The van der Waals surface area contributed by atoms with Crippen LogP contribution in [0.25, 0.3) is 0 Å². The fourth-order valence-electron chi connectivity index (χ4n) is 2.33. The molecule has 2 aromatic carbocycles. The molecule has 24 heavy (non-hydrogen) atoms. The monoisotopic (exact) mass is 391 g/mol. The second-order valence-corrected chi connectivity index (χ2v) is 6.14. The molecule has 0 unspecified atom stereocenters. The average molecular weight is 392 g/mol. The maximum absolute atomic E-state index is 11.6. The van der Waals surface area contributed by atoms with Crippen molar-refractivity contribution in [1.29, 1.82) is 0 Å². The lowest BCUT2D eigenvalue weighted by molar-refractivity contribution is -0.384. The molecule has 6 nitrogen and oxygen atoms in total. The third-order valence-electron chi connectivity index (χ3n) is 3.53. The van der Waals surface area contributed by atoms with Gasteiger partial charge in [-0.3, -0.25) is 14.9 Å². The highest BCUT2D eigenvalue weighted by atomic mass is 79.9. The second kappa shape index (κ2) is 8.44. The van der Waals surface area contributed by atoms with Crippen LogP contribution in [0.5, 0.6) is 0 Å². The van der Waals surface area contributed by atoms with E-state index in [-0.39, 0.29) is 17.2 Å². The highest BCUT2D eigenvalue weighted by Gasteiger charge is 2.16. The normalized spacial score (nSPS) is 10.2. The smallest absolute Gasteiger partial charge is 0.293 e. The summed E-state index contributed by atoms with van der Waals surface area (Å²) >= 11 is 3.43. The molecular weight excluding hydrogens is 374 g/mol. The molecule has 0 saturated heterocycles. The van der Waals surface area contributed by atoms with Crippen molar-refractivity contribution in [3.63, 3.8) is 0 Å². The number of nitro groups is 1. The van der Waals surface area contributed by atoms with Gasteiger partial charge in [0.05, 0.1) is 4.92 Å². The first-order valence-electron chi connectivity index (χ1n) is 7.50. The standard InChI is InChI=1S/C17H18BrN3O3/c1-19-17(22)13-7-8-15(16(11-13)21(23)24)20-9-3-5-12-4-2-6-14(18)10-12/h2,4,6-8,10-11,20H,3,5,9H2,1H3,(H,19,22). The van der Waals surface area contributed by atoms with Gasteiger partial charge in [0.25, 0.3) is 11.6 Å². The van der Waals surface area contributed by atoms with E-state index in [1.165, 1.54) is 18.7 Å². The highest BCUT2D eigenvalue weighted by Crippen LogP contribution is 2.25. The molecule has 1 amide bonds. The van der Waals surface area contributed by atoms with Crippen LogP contribution in [0, 0.1) is 10.1 Å². The SMILES string of the molecule is CNC(=O)c1ccc(NCCCc2cccc(Br)c2)c([N+](=O)[O-])c1. The summed E-state index contributed by atoms with van der Waals surface area (Å²) in [5, 5.41) is 16.7. The number of nitrogens with one attached hydrogen (secondary N) is 2. The van der Waals surface area contributed by atoms with Crippen LogP contribution in [0.2, 0.25) is 0 Å². The zero-order valence-electron chi connectivity index (χ0n) is 13.2. The Kier molecular flexibility index (Phi) is 6.31. The number of carbonyl (C=O) groups excluding carboxylic acids is 1. The van der Waals surface area contributed by atoms with E-state index in [1.807, 2.05) is 18.2 Å². The molecule has 126 valence electrons. The summed E-state index contributed by atoms with van der Waals surface area (Å²) in [7, 11) is 1.49. The van der Waals surface area contributed by atoms with Gasteiger partial charge in [-0.05, 0) is 42.7 Å². The van der Waals surface area contributed by atoms with E-state index in [4.69, 9.17) is 0 Å². The molecule has 0 radical (unpaired) electrons. The molecule has 0 bridgehead atoms. The Morgan fingerprint density at radius 1 is 1.25 bits per heavy atom. The van der Waals surface area contributed by atoms with Gasteiger partial charge in [-0.15, -0.1) is 0 Å². The molecule has 0 aliphatic carbocycles. The number of benzene rings is 2. The molecular formula is C17H18BrN3O3. The minimum atomic E-state index is -0.483. The summed E-state index contributed by atoms with van der Waals surface area (Å²) in [6.45, 7) is 0.604. The van der Waals surface area contributed by atoms with Gasteiger partial charge in [0, 0.05) is 29.7 Å². The number of halogens is 1. The largest absolute Gasteiger partial charge is 0.379 e. The molecule has 0 heterocycles. The van der Waals surface area contributed by atoms with Crippen molar-refractivity contribution in [2.75, 3.05) is 18.9 Å². The van der Waals surface area contributed by atoms with Crippen LogP contribution >= 0.6 is 15.9 Å². The lowest BCUT2D eigenvalue weighted by Gasteiger charge is -2.09. The van der Waals surface area contributed by atoms with E-state index in [0.717, 1.165) is 17.3 Å². The molecule has 7 heteroatoms. The Balaban J connectivity index is 1.99. The molecule has 0 aromatic heterocycles. The number of anilines is 1. The minimum absolute atomic E-state index is 0.0986. The number of nitro benzene ring substituents is 1. The van der Waals surface area contributed by atoms with Crippen LogP contribution < -0.4 is 10.6 Å². The molecule has 0 atom stereocenters. The Hall–Kier alpha value is -2.41. The van der Waals surface area contributed by atoms with Gasteiger partial charge in [-0.2, -0.15) is 0 Å². The Bertz CT molecular complexity index is 750. The predicted octanol–water partition coefficient (Wildman–Crippen LogP) is 3.76. The van der Waals surface area contributed by atoms with Crippen molar-refractivity contribution >= 4 is 33.2 Å². The van der Waals surface area contributed by atoms with Gasteiger partial charge in [-0.25, -0.2) is 0 Å². The van der Waals surface area contributed by atoms with Gasteiger partial charge >= 0.3 is 0 Å². The molecule has 0 fully saturated rings. The van der Waals surface area contributed by atoms with E-state index in [2.05, 4.69) is 32.6 Å². The summed E-state index contributed by atoms with van der Waals surface area (Å²) < 4.78 is 1.04. The lowest BCUT2D eigenvalue weighted by atomic mass is 10.1. The second-order valence-electron chi connectivity index (χ2n) is 5.23. The Morgan fingerprint density at radius 2 is 2.04 bits per heavy atom. The van der Waals surface area contributed by atoms with Crippen LogP contribution in [0.1, 0.15) is 22.3 Å². The molecule has 0 spiro atoms. The molecule has 0 aliphatic rings. The van der Waals surface area contributed by atoms with Gasteiger partial charge in [0.15, 0.2) is 0 Å². The van der Waals surface area contributed by atoms with Crippen molar-refractivity contribution in [1.82, 2.24) is 5.32 Å². The quantitative estimate of drug-likeness (QED) is 0.427. The summed E-state index contributed by atoms with van der Waals surface area (Å²) in [6.07, 6.45) is 1.71. The first-order valence-corrected chi connectivity index (χ1v) is 8.29. The van der Waals surface area contributed by atoms with E-state index < -0.39 is 4.92 Å². The van der Waals surface area contributed by atoms with Gasteiger partial charge in [0.2, 0.25) is 0 Å². The van der Waals surface area contributed by atoms with E-state index in [1.54, 1.807) is 12.1 Å². The molecule has 2 rings (SSSR count). The third kappa shape index (κ3) is 4.79. The van der Waals surface area contributed by atoms with E-state index in [9.17, 15) is 14.9 Å². The number of hydrogen-bond donors (Lipinski definition) is 2. The maximum atomic E-state index is 11.6. The van der Waals surface area contributed by atoms with Crippen LogP contribution in [0.4, 0.5) is 11.4 Å². The first kappa shape index (κ1) is 17.9. The van der Waals surface area contributed by atoms with Crippen molar-refractivity contribution in [3.8, 4) is 0 Å². The van der Waals surface area contributed by atoms with Crippen molar-refractivity contribution in [2.45, 2.75) is 12.8 Å². The summed E-state index contributed by atoms with van der Waals surface area (Å²) in [5.41, 5.74) is 1.79. The van der Waals surface area contributed by atoms with Crippen LogP contribution in [-0.4, -0.2) is 24.4 Å². The van der Waals surface area contributed by atoms with E-state index >= 15 is 0 Å². The zero-order chi connectivity index (χ0) is 17.5. The van der Waals surface area contributed by atoms with Crippen LogP contribution in [-0.2, 0) is 6.42 Å². The van der Waals surface area contributed by atoms with Crippen molar-refractivity contribution in [3.05, 3.63) is 68.2 Å². The number of amides is 1. The van der Waals surface area contributed by atoms with Gasteiger partial charge < -0.3 is 10.6 Å². The summed E-state index contributed by atoms with van der Waals surface area (Å²) in [6, 6.07) is 12.5. The number of carbonyl (C=O) groups is 1. The van der Waals surface area contributed by atoms with Crippen LogP contribution in [0.15, 0.2) is 46.9 Å². The van der Waals surface area contributed by atoms with Gasteiger partial charge in [-0.1, -0.05) is 28.1 Å². The average Bonchev–Trinajstić information content (AvgIpc) is 2.58. The fraction of sp³-hybridized carbons (Fsp3) is 0.235. The maximum Gasteiger partial charge on any atom is 0.293 e. The highest BCUT2D eigenvalue weighted by molar-refractivity contribution is 9.10. The first-order chi connectivity index (χ1) is 11.5.